The van der Waals surface area contributed by atoms with Crippen LogP contribution in [0.25, 0.3) is 0 Å². The molecule has 0 saturated carbocycles. The van der Waals surface area contributed by atoms with E-state index in [1.807, 2.05) is 6.33 Å². The molecule has 0 aliphatic carbocycles. The van der Waals surface area contributed by atoms with Gasteiger partial charge in [-0.2, -0.15) is 0 Å². The maximum absolute atomic E-state index is 4.40. The van der Waals surface area contributed by atoms with Gasteiger partial charge in [-0.05, 0) is 12.0 Å². The van der Waals surface area contributed by atoms with Crippen molar-refractivity contribution in [3.05, 3.63) is 54.1 Å². The van der Waals surface area contributed by atoms with Crippen molar-refractivity contribution in [2.75, 3.05) is 0 Å². The average Bonchev–Trinajstić information content (AvgIpc) is 2.83. The van der Waals surface area contributed by atoms with Crippen molar-refractivity contribution in [2.45, 2.75) is 39.4 Å². The molecule has 1 aromatic heterocycles. The third-order valence-electron chi connectivity index (χ3n) is 2.88. The van der Waals surface area contributed by atoms with Gasteiger partial charge in [-0.3, -0.25) is 0 Å². The zero-order valence-electron chi connectivity index (χ0n) is 11.1. The first-order chi connectivity index (χ1) is 8.74. The standard InChI is InChI=1S/C15H21N3/c1-13(2)16-10-15-11-18(12-17-15)9-8-14-6-4-3-5-7-14/h3-7,11-13,16H,8-10H2,1-2H3. The molecule has 96 valence electrons. The highest BCUT2D eigenvalue weighted by atomic mass is 15.0. The van der Waals surface area contributed by atoms with Gasteiger partial charge in [0.25, 0.3) is 0 Å². The molecular formula is C15H21N3. The number of nitrogens with zero attached hydrogens (tertiary/aromatic N) is 2. The second-order valence-corrected chi connectivity index (χ2v) is 4.87. The molecule has 3 heteroatoms. The summed E-state index contributed by atoms with van der Waals surface area (Å²) in [6.07, 6.45) is 5.09. The second kappa shape index (κ2) is 6.36. The van der Waals surface area contributed by atoms with E-state index in [2.05, 4.69) is 65.2 Å². The summed E-state index contributed by atoms with van der Waals surface area (Å²) in [7, 11) is 0. The van der Waals surface area contributed by atoms with Gasteiger partial charge in [-0.1, -0.05) is 44.2 Å². The van der Waals surface area contributed by atoms with Crippen LogP contribution in [0.3, 0.4) is 0 Å². The normalized spacial score (nSPS) is 11.1. The smallest absolute Gasteiger partial charge is 0.0950 e. The molecular weight excluding hydrogens is 222 g/mol. The van der Waals surface area contributed by atoms with Gasteiger partial charge < -0.3 is 9.88 Å². The van der Waals surface area contributed by atoms with Crippen LogP contribution in [0.15, 0.2) is 42.9 Å². The molecule has 0 spiro atoms. The Hall–Kier alpha value is -1.61. The zero-order chi connectivity index (χ0) is 12.8. The summed E-state index contributed by atoms with van der Waals surface area (Å²) < 4.78 is 2.16. The molecule has 0 aliphatic heterocycles. The maximum atomic E-state index is 4.40. The molecule has 0 fully saturated rings. The molecule has 0 atom stereocenters. The summed E-state index contributed by atoms with van der Waals surface area (Å²) >= 11 is 0. The first kappa shape index (κ1) is 12.8. The molecule has 0 aliphatic rings. The van der Waals surface area contributed by atoms with Crippen LogP contribution in [0.4, 0.5) is 0 Å². The van der Waals surface area contributed by atoms with Crippen molar-refractivity contribution in [3.8, 4) is 0 Å². The van der Waals surface area contributed by atoms with Crippen LogP contribution in [0, 0.1) is 0 Å². The minimum absolute atomic E-state index is 0.500. The zero-order valence-corrected chi connectivity index (χ0v) is 11.1. The largest absolute Gasteiger partial charge is 0.337 e. The Morgan fingerprint density at radius 1 is 1.22 bits per heavy atom. The first-order valence-corrected chi connectivity index (χ1v) is 6.52. The summed E-state index contributed by atoms with van der Waals surface area (Å²) in [5.74, 6) is 0. The Morgan fingerprint density at radius 3 is 2.72 bits per heavy atom. The van der Waals surface area contributed by atoms with Crippen molar-refractivity contribution < 1.29 is 0 Å². The molecule has 2 rings (SSSR count). The van der Waals surface area contributed by atoms with E-state index in [0.29, 0.717) is 6.04 Å². The lowest BCUT2D eigenvalue weighted by atomic mass is 10.1. The monoisotopic (exact) mass is 243 g/mol. The van der Waals surface area contributed by atoms with E-state index in [0.717, 1.165) is 25.2 Å². The van der Waals surface area contributed by atoms with Gasteiger partial charge in [-0.25, -0.2) is 4.98 Å². The van der Waals surface area contributed by atoms with E-state index in [9.17, 15) is 0 Å². The van der Waals surface area contributed by atoms with Crippen molar-refractivity contribution >= 4 is 0 Å². The van der Waals surface area contributed by atoms with Crippen LogP contribution in [-0.2, 0) is 19.5 Å². The first-order valence-electron chi connectivity index (χ1n) is 6.52. The van der Waals surface area contributed by atoms with Crippen molar-refractivity contribution in [2.24, 2.45) is 0 Å². The lowest BCUT2D eigenvalue weighted by Crippen LogP contribution is -2.21. The molecule has 1 heterocycles. The molecule has 2 aromatic rings. The van der Waals surface area contributed by atoms with Crippen molar-refractivity contribution in [1.29, 1.82) is 0 Å². The van der Waals surface area contributed by atoms with Gasteiger partial charge in [0.1, 0.15) is 0 Å². The number of imidazole rings is 1. The van der Waals surface area contributed by atoms with Crippen molar-refractivity contribution in [1.82, 2.24) is 14.9 Å². The van der Waals surface area contributed by atoms with Crippen molar-refractivity contribution in [3.63, 3.8) is 0 Å². The minimum atomic E-state index is 0.500. The number of rotatable bonds is 6. The number of benzene rings is 1. The minimum Gasteiger partial charge on any atom is -0.337 e. The predicted molar refractivity (Wildman–Crippen MR) is 74.3 cm³/mol. The topological polar surface area (TPSA) is 29.9 Å². The quantitative estimate of drug-likeness (QED) is 0.845. The van der Waals surface area contributed by atoms with Gasteiger partial charge in [-0.15, -0.1) is 0 Å². The Bertz CT molecular complexity index is 460. The third kappa shape index (κ3) is 4.00. The number of hydrogen-bond acceptors (Lipinski definition) is 2. The molecule has 3 nitrogen and oxygen atoms in total. The molecule has 18 heavy (non-hydrogen) atoms. The second-order valence-electron chi connectivity index (χ2n) is 4.87. The van der Waals surface area contributed by atoms with Crippen LogP contribution in [-0.4, -0.2) is 15.6 Å². The fraction of sp³-hybridized carbons (Fsp3) is 0.400. The van der Waals surface area contributed by atoms with Crippen LogP contribution < -0.4 is 5.32 Å². The van der Waals surface area contributed by atoms with E-state index in [1.54, 1.807) is 0 Å². The molecule has 0 radical (unpaired) electrons. The Morgan fingerprint density at radius 2 is 2.00 bits per heavy atom. The molecule has 0 amide bonds. The predicted octanol–water partition coefficient (Wildman–Crippen LogP) is 2.62. The highest BCUT2D eigenvalue weighted by Crippen LogP contribution is 2.03. The Labute approximate surface area is 109 Å². The average molecular weight is 243 g/mol. The fourth-order valence-corrected chi connectivity index (χ4v) is 1.83. The van der Waals surface area contributed by atoms with Gasteiger partial charge in [0.2, 0.25) is 0 Å². The Kier molecular flexibility index (Phi) is 4.53. The van der Waals surface area contributed by atoms with E-state index in [4.69, 9.17) is 0 Å². The number of aryl methyl sites for hydroxylation is 2. The highest BCUT2D eigenvalue weighted by Gasteiger charge is 2.00. The maximum Gasteiger partial charge on any atom is 0.0950 e. The lowest BCUT2D eigenvalue weighted by Gasteiger charge is -2.05. The van der Waals surface area contributed by atoms with Gasteiger partial charge in [0.05, 0.1) is 12.0 Å². The number of hydrogen-bond donors (Lipinski definition) is 1. The summed E-state index contributed by atoms with van der Waals surface area (Å²) in [4.78, 5) is 4.40. The number of aromatic nitrogens is 2. The van der Waals surface area contributed by atoms with Gasteiger partial charge >= 0.3 is 0 Å². The molecule has 0 unspecified atom stereocenters. The van der Waals surface area contributed by atoms with E-state index < -0.39 is 0 Å². The third-order valence-corrected chi connectivity index (χ3v) is 2.88. The number of nitrogens with one attached hydrogen (secondary N) is 1. The molecule has 0 saturated heterocycles. The molecule has 1 N–H and O–H groups in total. The molecule has 0 bridgehead atoms. The summed E-state index contributed by atoms with van der Waals surface area (Å²) in [5, 5.41) is 3.37. The summed E-state index contributed by atoms with van der Waals surface area (Å²) in [6.45, 7) is 6.12. The van der Waals surface area contributed by atoms with Gasteiger partial charge in [0.15, 0.2) is 0 Å². The molecule has 1 aromatic carbocycles. The van der Waals surface area contributed by atoms with E-state index in [-0.39, 0.29) is 0 Å². The summed E-state index contributed by atoms with van der Waals surface area (Å²) in [6, 6.07) is 11.1. The highest BCUT2D eigenvalue weighted by molar-refractivity contribution is 5.14. The van der Waals surface area contributed by atoms with Crippen LogP contribution in [0.5, 0.6) is 0 Å². The Balaban J connectivity index is 1.83. The lowest BCUT2D eigenvalue weighted by molar-refractivity contribution is 0.582. The SMILES string of the molecule is CC(C)NCc1cn(CCc2ccccc2)cn1. The van der Waals surface area contributed by atoms with Crippen LogP contribution in [0.2, 0.25) is 0 Å². The van der Waals surface area contributed by atoms with Crippen LogP contribution >= 0.6 is 0 Å². The fourth-order valence-electron chi connectivity index (χ4n) is 1.83. The van der Waals surface area contributed by atoms with Gasteiger partial charge in [0, 0.05) is 25.3 Å². The van der Waals surface area contributed by atoms with E-state index >= 15 is 0 Å². The van der Waals surface area contributed by atoms with E-state index in [1.165, 1.54) is 5.56 Å². The summed E-state index contributed by atoms with van der Waals surface area (Å²) in [5.41, 5.74) is 2.48. The van der Waals surface area contributed by atoms with Crippen LogP contribution in [0.1, 0.15) is 25.1 Å².